The van der Waals surface area contributed by atoms with E-state index >= 15 is 0 Å². The Balaban J connectivity index is 4.28. The summed E-state index contributed by atoms with van der Waals surface area (Å²) in [5, 5.41) is 11.6. The van der Waals surface area contributed by atoms with Gasteiger partial charge in [0.15, 0.2) is 0 Å². The van der Waals surface area contributed by atoms with Gasteiger partial charge >= 0.3 is 5.97 Å². The summed E-state index contributed by atoms with van der Waals surface area (Å²) in [5.74, 6) is -0.922. The molecule has 6 nitrogen and oxygen atoms in total. The highest BCUT2D eigenvalue weighted by Gasteiger charge is 2.25. The molecule has 0 saturated carbocycles. The molecule has 6 heteroatoms. The monoisotopic (exact) mass is 274 g/mol. The molecule has 0 rings (SSSR count). The maximum atomic E-state index is 12.0. The maximum absolute atomic E-state index is 12.0. The highest BCUT2D eigenvalue weighted by Crippen LogP contribution is 2.09. The molecule has 0 aliphatic carbocycles. The van der Waals surface area contributed by atoms with Gasteiger partial charge in [-0.1, -0.05) is 6.92 Å². The number of carboxylic acid groups (broad SMARTS) is 1. The molecule has 0 aromatic carbocycles. The van der Waals surface area contributed by atoms with Gasteiger partial charge in [0, 0.05) is 26.3 Å². The number of nitrogens with zero attached hydrogens (tertiary/aromatic N) is 1. The van der Waals surface area contributed by atoms with E-state index in [0.29, 0.717) is 19.7 Å². The molecule has 1 amide bonds. The average Bonchev–Trinajstić information content (AvgIpc) is 2.34. The summed E-state index contributed by atoms with van der Waals surface area (Å²) >= 11 is 0. The zero-order chi connectivity index (χ0) is 14.8. The molecule has 0 saturated heterocycles. The topological polar surface area (TPSA) is 78.9 Å². The normalized spacial score (nSPS) is 14.2. The van der Waals surface area contributed by atoms with Crippen molar-refractivity contribution in [3.05, 3.63) is 0 Å². The SMILES string of the molecule is CCN(C(C)CC(=O)O)C(C)C(=O)NCCCOC. The van der Waals surface area contributed by atoms with Crippen molar-refractivity contribution in [2.45, 2.75) is 45.7 Å². The predicted molar refractivity (Wildman–Crippen MR) is 73.1 cm³/mol. The lowest BCUT2D eigenvalue weighted by Crippen LogP contribution is -2.49. The van der Waals surface area contributed by atoms with Gasteiger partial charge in [0.25, 0.3) is 0 Å². The fourth-order valence-electron chi connectivity index (χ4n) is 2.06. The third kappa shape index (κ3) is 7.12. The van der Waals surface area contributed by atoms with E-state index < -0.39 is 5.97 Å². The van der Waals surface area contributed by atoms with Gasteiger partial charge in [-0.15, -0.1) is 0 Å². The molecular formula is C13H26N2O4. The Bertz CT molecular complexity index is 284. The molecule has 0 heterocycles. The lowest BCUT2D eigenvalue weighted by atomic mass is 10.1. The smallest absolute Gasteiger partial charge is 0.304 e. The Morgan fingerprint density at radius 1 is 1.37 bits per heavy atom. The minimum atomic E-state index is -0.848. The first-order chi connectivity index (χ1) is 8.93. The summed E-state index contributed by atoms with van der Waals surface area (Å²) < 4.78 is 4.91. The Labute approximate surface area is 115 Å². The fraction of sp³-hybridized carbons (Fsp3) is 0.846. The minimum absolute atomic E-state index is 0.0368. The third-order valence-corrected chi connectivity index (χ3v) is 3.10. The number of carboxylic acids is 1. The standard InChI is InChI=1S/C13H26N2O4/c1-5-15(10(2)9-12(16)17)11(3)13(18)14-7-6-8-19-4/h10-11H,5-9H2,1-4H3,(H,14,18)(H,16,17). The molecule has 2 atom stereocenters. The molecule has 0 spiro atoms. The van der Waals surface area contributed by atoms with E-state index in [0.717, 1.165) is 6.42 Å². The van der Waals surface area contributed by atoms with Gasteiger partial charge in [0.05, 0.1) is 12.5 Å². The number of hydrogen-bond acceptors (Lipinski definition) is 4. The van der Waals surface area contributed by atoms with Crippen LogP contribution in [0.4, 0.5) is 0 Å². The molecule has 19 heavy (non-hydrogen) atoms. The van der Waals surface area contributed by atoms with Gasteiger partial charge in [-0.05, 0) is 26.8 Å². The number of hydrogen-bond donors (Lipinski definition) is 2. The summed E-state index contributed by atoms with van der Waals surface area (Å²) in [6, 6.07) is -0.496. The van der Waals surface area contributed by atoms with Gasteiger partial charge < -0.3 is 15.2 Å². The summed E-state index contributed by atoms with van der Waals surface area (Å²) in [6.45, 7) is 7.37. The highest BCUT2D eigenvalue weighted by molar-refractivity contribution is 5.81. The van der Waals surface area contributed by atoms with E-state index in [-0.39, 0.29) is 24.4 Å². The van der Waals surface area contributed by atoms with Gasteiger partial charge in [-0.3, -0.25) is 14.5 Å². The second kappa shape index (κ2) is 9.75. The number of aliphatic carboxylic acids is 1. The average molecular weight is 274 g/mol. The predicted octanol–water partition coefficient (Wildman–Crippen LogP) is 0.713. The molecule has 0 aromatic heterocycles. The summed E-state index contributed by atoms with van der Waals surface area (Å²) in [6.07, 6.45) is 0.806. The first-order valence-corrected chi connectivity index (χ1v) is 6.68. The van der Waals surface area contributed by atoms with Crippen molar-refractivity contribution in [2.24, 2.45) is 0 Å². The Kier molecular flexibility index (Phi) is 9.16. The molecule has 0 aromatic rings. The maximum Gasteiger partial charge on any atom is 0.304 e. The number of carbonyl (C=O) groups is 2. The van der Waals surface area contributed by atoms with E-state index in [4.69, 9.17) is 9.84 Å². The second-order valence-corrected chi connectivity index (χ2v) is 4.59. The third-order valence-electron chi connectivity index (χ3n) is 3.10. The molecule has 0 bridgehead atoms. The molecule has 0 fully saturated rings. The zero-order valence-corrected chi connectivity index (χ0v) is 12.3. The largest absolute Gasteiger partial charge is 0.481 e. The van der Waals surface area contributed by atoms with Crippen LogP contribution in [0.1, 0.15) is 33.6 Å². The first-order valence-electron chi connectivity index (χ1n) is 6.68. The van der Waals surface area contributed by atoms with Crippen LogP contribution >= 0.6 is 0 Å². The molecule has 0 aliphatic heterocycles. The number of amides is 1. The van der Waals surface area contributed by atoms with Gasteiger partial charge in [-0.2, -0.15) is 0 Å². The quantitative estimate of drug-likeness (QED) is 0.574. The van der Waals surface area contributed by atoms with Crippen molar-refractivity contribution in [3.8, 4) is 0 Å². The molecule has 0 aliphatic rings. The number of nitrogens with one attached hydrogen (secondary N) is 1. The van der Waals surface area contributed by atoms with Crippen molar-refractivity contribution in [1.29, 1.82) is 0 Å². The second-order valence-electron chi connectivity index (χ2n) is 4.59. The summed E-state index contributed by atoms with van der Waals surface area (Å²) in [7, 11) is 1.62. The van der Waals surface area contributed by atoms with E-state index in [9.17, 15) is 9.59 Å². The van der Waals surface area contributed by atoms with Crippen LogP contribution in [0.15, 0.2) is 0 Å². The fourth-order valence-corrected chi connectivity index (χ4v) is 2.06. The Hall–Kier alpha value is -1.14. The van der Waals surface area contributed by atoms with E-state index in [1.807, 2.05) is 18.7 Å². The molecule has 2 unspecified atom stereocenters. The van der Waals surface area contributed by atoms with Crippen LogP contribution in [-0.4, -0.2) is 60.8 Å². The van der Waals surface area contributed by atoms with E-state index in [1.54, 1.807) is 14.0 Å². The van der Waals surface area contributed by atoms with Crippen LogP contribution < -0.4 is 5.32 Å². The van der Waals surface area contributed by atoms with Crippen molar-refractivity contribution < 1.29 is 19.4 Å². The number of likely N-dealkylation sites (N-methyl/N-ethyl adjacent to an activating group) is 1. The van der Waals surface area contributed by atoms with E-state index in [1.165, 1.54) is 0 Å². The lowest BCUT2D eigenvalue weighted by Gasteiger charge is -2.31. The van der Waals surface area contributed by atoms with Gasteiger partial charge in [0.1, 0.15) is 0 Å². The number of rotatable bonds is 10. The summed E-state index contributed by atoms with van der Waals surface area (Å²) in [5.41, 5.74) is 0. The molecule has 2 N–H and O–H groups in total. The number of carbonyl (C=O) groups excluding carboxylic acids is 1. The van der Waals surface area contributed by atoms with Crippen molar-refractivity contribution in [3.63, 3.8) is 0 Å². The number of ether oxygens (including phenoxy) is 1. The number of methoxy groups -OCH3 is 1. The highest BCUT2D eigenvalue weighted by atomic mass is 16.5. The van der Waals surface area contributed by atoms with Crippen LogP contribution in [0.25, 0.3) is 0 Å². The van der Waals surface area contributed by atoms with Crippen LogP contribution in [0.2, 0.25) is 0 Å². The van der Waals surface area contributed by atoms with Crippen LogP contribution in [0.3, 0.4) is 0 Å². The Morgan fingerprint density at radius 3 is 2.47 bits per heavy atom. The van der Waals surface area contributed by atoms with Gasteiger partial charge in [-0.25, -0.2) is 0 Å². The van der Waals surface area contributed by atoms with Gasteiger partial charge in [0.2, 0.25) is 5.91 Å². The van der Waals surface area contributed by atoms with Crippen LogP contribution in [0.5, 0.6) is 0 Å². The van der Waals surface area contributed by atoms with Crippen molar-refractivity contribution in [2.75, 3.05) is 26.8 Å². The summed E-state index contributed by atoms with van der Waals surface area (Å²) in [4.78, 5) is 24.6. The van der Waals surface area contributed by atoms with Crippen molar-refractivity contribution in [1.82, 2.24) is 10.2 Å². The Morgan fingerprint density at radius 2 is 2.00 bits per heavy atom. The lowest BCUT2D eigenvalue weighted by molar-refractivity contribution is -0.139. The van der Waals surface area contributed by atoms with Crippen LogP contribution in [-0.2, 0) is 14.3 Å². The van der Waals surface area contributed by atoms with Crippen molar-refractivity contribution >= 4 is 11.9 Å². The molecule has 0 radical (unpaired) electrons. The zero-order valence-electron chi connectivity index (χ0n) is 12.3. The molecular weight excluding hydrogens is 248 g/mol. The first kappa shape index (κ1) is 17.9. The molecule has 112 valence electrons. The minimum Gasteiger partial charge on any atom is -0.481 e. The van der Waals surface area contributed by atoms with E-state index in [2.05, 4.69) is 5.32 Å². The van der Waals surface area contributed by atoms with Crippen LogP contribution in [0, 0.1) is 0 Å².